The van der Waals surface area contributed by atoms with Crippen LogP contribution in [0.1, 0.15) is 30.0 Å². The highest BCUT2D eigenvalue weighted by molar-refractivity contribution is 7.99. The first-order valence-corrected chi connectivity index (χ1v) is 6.35. The van der Waals surface area contributed by atoms with Crippen LogP contribution in [0, 0.1) is 13.8 Å². The van der Waals surface area contributed by atoms with E-state index in [4.69, 9.17) is 10.2 Å². The van der Waals surface area contributed by atoms with E-state index in [0.29, 0.717) is 5.22 Å². The summed E-state index contributed by atoms with van der Waals surface area (Å²) in [4.78, 5) is 5.44. The second kappa shape index (κ2) is 4.94. The molecule has 0 radical (unpaired) electrons. The lowest BCUT2D eigenvalue weighted by atomic mass is 10.1. The summed E-state index contributed by atoms with van der Waals surface area (Å²) in [5, 5.41) is 0.688. The lowest BCUT2D eigenvalue weighted by molar-refractivity contribution is 0.431. The van der Waals surface area contributed by atoms with Crippen molar-refractivity contribution < 1.29 is 4.42 Å². The van der Waals surface area contributed by atoms with Crippen molar-refractivity contribution in [3.8, 4) is 0 Å². The Bertz CT molecular complexity index is 483. The number of rotatable bonds is 3. The zero-order valence-electron chi connectivity index (χ0n) is 10.2. The van der Waals surface area contributed by atoms with E-state index in [1.54, 1.807) is 0 Å². The van der Waals surface area contributed by atoms with Crippen LogP contribution in [-0.4, -0.2) is 4.98 Å². The second-order valence-corrected chi connectivity index (χ2v) is 5.11. The molecule has 0 saturated carbocycles. The molecule has 2 aromatic rings. The van der Waals surface area contributed by atoms with Crippen LogP contribution in [0.2, 0.25) is 0 Å². The number of nitrogens with two attached hydrogens (primary N) is 1. The van der Waals surface area contributed by atoms with E-state index < -0.39 is 0 Å². The molecule has 0 aliphatic rings. The minimum atomic E-state index is 0.0697. The molecule has 0 aliphatic heterocycles. The summed E-state index contributed by atoms with van der Waals surface area (Å²) in [5.41, 5.74) is 7.88. The molecule has 17 heavy (non-hydrogen) atoms. The molecule has 2 N–H and O–H groups in total. The van der Waals surface area contributed by atoms with E-state index in [2.05, 4.69) is 4.98 Å². The SMILES string of the molecule is Cc1nc(Sc2ccc(C(C)N)cc2)oc1C. The molecule has 0 bridgehead atoms. The number of hydrogen-bond acceptors (Lipinski definition) is 4. The first kappa shape index (κ1) is 12.2. The number of aryl methyl sites for hydroxylation is 2. The molecule has 90 valence electrons. The molecule has 0 aliphatic carbocycles. The van der Waals surface area contributed by atoms with Gasteiger partial charge in [-0.3, -0.25) is 0 Å². The van der Waals surface area contributed by atoms with Gasteiger partial charge in [-0.2, -0.15) is 0 Å². The fraction of sp³-hybridized carbons (Fsp3) is 0.308. The van der Waals surface area contributed by atoms with Gasteiger partial charge in [-0.25, -0.2) is 4.98 Å². The van der Waals surface area contributed by atoms with Gasteiger partial charge in [-0.05, 0) is 50.2 Å². The van der Waals surface area contributed by atoms with Gasteiger partial charge in [0, 0.05) is 10.9 Å². The van der Waals surface area contributed by atoms with Gasteiger partial charge in [-0.15, -0.1) is 0 Å². The van der Waals surface area contributed by atoms with Gasteiger partial charge in [0.1, 0.15) is 5.76 Å². The van der Waals surface area contributed by atoms with Gasteiger partial charge >= 0.3 is 0 Å². The maximum atomic E-state index is 5.80. The van der Waals surface area contributed by atoms with E-state index in [0.717, 1.165) is 21.9 Å². The summed E-state index contributed by atoms with van der Waals surface area (Å²) < 4.78 is 5.52. The summed E-state index contributed by atoms with van der Waals surface area (Å²) >= 11 is 1.52. The van der Waals surface area contributed by atoms with Crippen LogP contribution in [0.15, 0.2) is 38.8 Å². The van der Waals surface area contributed by atoms with Crippen molar-refractivity contribution >= 4 is 11.8 Å². The Kier molecular flexibility index (Phi) is 3.54. The Morgan fingerprint density at radius 1 is 1.24 bits per heavy atom. The summed E-state index contributed by atoms with van der Waals surface area (Å²) in [6.45, 7) is 5.84. The highest BCUT2D eigenvalue weighted by Crippen LogP contribution is 2.28. The maximum absolute atomic E-state index is 5.80. The average Bonchev–Trinajstić information content (AvgIpc) is 2.58. The summed E-state index contributed by atoms with van der Waals surface area (Å²) in [5.74, 6) is 0.875. The smallest absolute Gasteiger partial charge is 0.260 e. The molecule has 1 aromatic heterocycles. The third-order valence-electron chi connectivity index (χ3n) is 2.62. The van der Waals surface area contributed by atoms with Crippen LogP contribution in [0.4, 0.5) is 0 Å². The Morgan fingerprint density at radius 3 is 2.35 bits per heavy atom. The molecule has 0 fully saturated rings. The molecule has 0 amide bonds. The second-order valence-electron chi connectivity index (χ2n) is 4.08. The van der Waals surface area contributed by atoms with Crippen molar-refractivity contribution in [2.45, 2.75) is 36.9 Å². The molecular formula is C13H16N2OS. The number of hydrogen-bond donors (Lipinski definition) is 1. The van der Waals surface area contributed by atoms with E-state index in [1.165, 1.54) is 11.8 Å². The number of oxazole rings is 1. The van der Waals surface area contributed by atoms with E-state index in [9.17, 15) is 0 Å². The third-order valence-corrected chi connectivity index (χ3v) is 3.48. The minimum Gasteiger partial charge on any atom is -0.436 e. The first-order valence-electron chi connectivity index (χ1n) is 5.53. The molecule has 3 nitrogen and oxygen atoms in total. The molecule has 0 saturated heterocycles. The van der Waals surface area contributed by atoms with Crippen LogP contribution in [0.5, 0.6) is 0 Å². The molecule has 1 atom stereocenters. The van der Waals surface area contributed by atoms with Crippen LogP contribution in [0.25, 0.3) is 0 Å². The quantitative estimate of drug-likeness (QED) is 0.903. The Morgan fingerprint density at radius 2 is 1.88 bits per heavy atom. The maximum Gasteiger partial charge on any atom is 0.260 e. The Hall–Kier alpha value is -1.26. The van der Waals surface area contributed by atoms with E-state index >= 15 is 0 Å². The van der Waals surface area contributed by atoms with Crippen LogP contribution in [0.3, 0.4) is 0 Å². The van der Waals surface area contributed by atoms with E-state index in [1.807, 2.05) is 45.0 Å². The van der Waals surface area contributed by atoms with Crippen LogP contribution < -0.4 is 5.73 Å². The van der Waals surface area contributed by atoms with Gasteiger partial charge < -0.3 is 10.2 Å². The lowest BCUT2D eigenvalue weighted by Gasteiger charge is -2.05. The molecule has 1 heterocycles. The fourth-order valence-electron chi connectivity index (χ4n) is 1.43. The van der Waals surface area contributed by atoms with Gasteiger partial charge in [0.05, 0.1) is 5.69 Å². The predicted octanol–water partition coefficient (Wildman–Crippen LogP) is 3.46. The van der Waals surface area contributed by atoms with Crippen molar-refractivity contribution in [2.24, 2.45) is 5.73 Å². The van der Waals surface area contributed by atoms with Crippen LogP contribution in [-0.2, 0) is 0 Å². The van der Waals surface area contributed by atoms with Crippen molar-refractivity contribution in [3.63, 3.8) is 0 Å². The summed E-state index contributed by atoms with van der Waals surface area (Å²) in [6, 6.07) is 8.22. The Balaban J connectivity index is 2.13. The molecular weight excluding hydrogens is 232 g/mol. The zero-order chi connectivity index (χ0) is 12.4. The van der Waals surface area contributed by atoms with Gasteiger partial charge in [-0.1, -0.05) is 12.1 Å². The largest absolute Gasteiger partial charge is 0.436 e. The fourth-order valence-corrected chi connectivity index (χ4v) is 2.25. The predicted molar refractivity (Wildman–Crippen MR) is 69.1 cm³/mol. The molecule has 0 spiro atoms. The van der Waals surface area contributed by atoms with Crippen LogP contribution >= 0.6 is 11.8 Å². The first-order chi connectivity index (χ1) is 8.06. The minimum absolute atomic E-state index is 0.0697. The zero-order valence-corrected chi connectivity index (χ0v) is 11.0. The number of nitrogens with zero attached hydrogens (tertiary/aromatic N) is 1. The summed E-state index contributed by atoms with van der Waals surface area (Å²) in [7, 11) is 0. The number of aromatic nitrogens is 1. The third kappa shape index (κ3) is 2.90. The Labute approximate surface area is 105 Å². The summed E-state index contributed by atoms with van der Waals surface area (Å²) in [6.07, 6.45) is 0. The van der Waals surface area contributed by atoms with E-state index in [-0.39, 0.29) is 6.04 Å². The normalized spacial score (nSPS) is 12.7. The van der Waals surface area contributed by atoms with Crippen molar-refractivity contribution in [1.82, 2.24) is 4.98 Å². The molecule has 1 unspecified atom stereocenters. The van der Waals surface area contributed by atoms with Crippen molar-refractivity contribution in [1.29, 1.82) is 0 Å². The highest BCUT2D eigenvalue weighted by Gasteiger charge is 2.07. The van der Waals surface area contributed by atoms with Gasteiger partial charge in [0.25, 0.3) is 5.22 Å². The van der Waals surface area contributed by atoms with Crippen molar-refractivity contribution in [3.05, 3.63) is 41.3 Å². The molecule has 1 aromatic carbocycles. The topological polar surface area (TPSA) is 52.0 Å². The van der Waals surface area contributed by atoms with Gasteiger partial charge in [0.15, 0.2) is 0 Å². The monoisotopic (exact) mass is 248 g/mol. The van der Waals surface area contributed by atoms with Crippen molar-refractivity contribution in [2.75, 3.05) is 0 Å². The molecule has 4 heteroatoms. The molecule has 2 rings (SSSR count). The highest BCUT2D eigenvalue weighted by atomic mass is 32.2. The average molecular weight is 248 g/mol. The lowest BCUT2D eigenvalue weighted by Crippen LogP contribution is -2.04. The van der Waals surface area contributed by atoms with Gasteiger partial charge in [0.2, 0.25) is 0 Å². The number of benzene rings is 1. The standard InChI is InChI=1S/C13H16N2OS/c1-8(14)11-4-6-12(7-5-11)17-13-15-9(2)10(3)16-13/h4-8H,14H2,1-3H3.